The van der Waals surface area contributed by atoms with Gasteiger partial charge in [-0.3, -0.25) is 0 Å². The van der Waals surface area contributed by atoms with E-state index in [0.29, 0.717) is 19.8 Å². The Morgan fingerprint density at radius 3 is 1.56 bits per heavy atom. The molecule has 52 heavy (non-hydrogen) atoms. The van der Waals surface area contributed by atoms with Gasteiger partial charge in [0, 0.05) is 6.61 Å². The van der Waals surface area contributed by atoms with E-state index < -0.39 is 54.9 Å². The predicted molar refractivity (Wildman–Crippen MR) is 196 cm³/mol. The number of benzene rings is 4. The van der Waals surface area contributed by atoms with Gasteiger partial charge < -0.3 is 43.4 Å². The van der Waals surface area contributed by atoms with Crippen molar-refractivity contribution >= 4 is 0 Å². The lowest BCUT2D eigenvalue weighted by atomic mass is 9.85. The number of hydrogen-bond donors (Lipinski definition) is 2. The summed E-state index contributed by atoms with van der Waals surface area (Å²) >= 11 is 0. The molecule has 0 amide bonds. The highest BCUT2D eigenvalue weighted by Crippen LogP contribution is 2.36. The Morgan fingerprint density at radius 2 is 1.06 bits per heavy atom. The maximum Gasteiger partial charge on any atom is 0.167 e. The van der Waals surface area contributed by atoms with E-state index in [0.717, 1.165) is 22.3 Å². The lowest BCUT2D eigenvalue weighted by Gasteiger charge is -2.49. The first-order valence-corrected chi connectivity index (χ1v) is 18.1. The number of aliphatic hydroxyl groups is 2. The second kappa shape index (κ2) is 19.9. The van der Waals surface area contributed by atoms with Crippen LogP contribution in [-0.4, -0.2) is 79.1 Å². The van der Waals surface area contributed by atoms with Gasteiger partial charge in [0.05, 0.1) is 51.7 Å². The van der Waals surface area contributed by atoms with Gasteiger partial charge in [-0.1, -0.05) is 133 Å². The van der Waals surface area contributed by atoms with Gasteiger partial charge in [0.1, 0.15) is 36.6 Å². The summed E-state index contributed by atoms with van der Waals surface area (Å²) in [7, 11) is 0. The van der Waals surface area contributed by atoms with E-state index in [-0.39, 0.29) is 26.4 Å². The molecule has 0 radical (unpaired) electrons. The molecule has 2 heterocycles. The molecule has 1 fully saturated rings. The average Bonchev–Trinajstić information content (AvgIpc) is 3.20. The Bertz CT molecular complexity index is 1590. The van der Waals surface area contributed by atoms with Gasteiger partial charge in [-0.25, -0.2) is 0 Å². The molecule has 0 saturated carbocycles. The summed E-state index contributed by atoms with van der Waals surface area (Å²) in [6.07, 6.45) is -2.57. The van der Waals surface area contributed by atoms with Crippen LogP contribution in [0.3, 0.4) is 0 Å². The summed E-state index contributed by atoms with van der Waals surface area (Å²) in [6, 6.07) is 39.8. The Morgan fingerprint density at radius 1 is 0.577 bits per heavy atom. The Balaban J connectivity index is 1.36. The highest BCUT2D eigenvalue weighted by atomic mass is 16.7. The topological polar surface area (TPSA) is 105 Å². The molecule has 9 heteroatoms. The van der Waals surface area contributed by atoms with Gasteiger partial charge in [-0.05, 0) is 29.2 Å². The van der Waals surface area contributed by atoms with E-state index in [9.17, 15) is 10.2 Å². The van der Waals surface area contributed by atoms with E-state index >= 15 is 0 Å². The summed E-state index contributed by atoms with van der Waals surface area (Å²) in [5.41, 5.74) is 3.98. The normalized spacial score (nSPS) is 26.6. The predicted octanol–water partition coefficient (Wildman–Crippen LogP) is 6.01. The fourth-order valence-corrected chi connectivity index (χ4v) is 6.66. The first kappa shape index (κ1) is 38.0. The molecule has 2 aliphatic rings. The molecular formula is C43H50O9. The minimum Gasteiger partial charge on any atom is -0.393 e. The van der Waals surface area contributed by atoms with Crippen molar-refractivity contribution in [1.82, 2.24) is 0 Å². The monoisotopic (exact) mass is 710 g/mol. The first-order valence-electron chi connectivity index (χ1n) is 18.1. The Labute approximate surface area is 306 Å². The van der Waals surface area contributed by atoms with Crippen LogP contribution in [0.25, 0.3) is 0 Å². The van der Waals surface area contributed by atoms with Crippen molar-refractivity contribution in [2.75, 3.05) is 19.8 Å². The molecule has 2 N–H and O–H groups in total. The molecule has 0 spiro atoms. The van der Waals surface area contributed by atoms with E-state index in [1.165, 1.54) is 0 Å². The zero-order valence-electron chi connectivity index (χ0n) is 29.6. The smallest absolute Gasteiger partial charge is 0.167 e. The summed E-state index contributed by atoms with van der Waals surface area (Å²) in [6.45, 7) is 3.41. The number of aliphatic hydroxyl groups excluding tert-OH is 2. The summed E-state index contributed by atoms with van der Waals surface area (Å²) in [5, 5.41) is 22.2. The van der Waals surface area contributed by atoms with Crippen molar-refractivity contribution in [2.24, 2.45) is 5.92 Å². The lowest BCUT2D eigenvalue weighted by Crippen LogP contribution is -2.65. The maximum atomic E-state index is 12.3. The maximum absolute atomic E-state index is 12.3. The van der Waals surface area contributed by atoms with Crippen LogP contribution in [-0.2, 0) is 59.6 Å². The summed E-state index contributed by atoms with van der Waals surface area (Å²) < 4.78 is 45.6. The fourth-order valence-electron chi connectivity index (χ4n) is 6.66. The van der Waals surface area contributed by atoms with Gasteiger partial charge >= 0.3 is 0 Å². The van der Waals surface area contributed by atoms with Gasteiger partial charge in [0.25, 0.3) is 0 Å². The van der Waals surface area contributed by atoms with Crippen molar-refractivity contribution < 1.29 is 43.4 Å². The lowest BCUT2D eigenvalue weighted by molar-refractivity contribution is -0.298. The Kier molecular flexibility index (Phi) is 14.6. The van der Waals surface area contributed by atoms with Crippen LogP contribution >= 0.6 is 0 Å². The number of rotatable bonds is 18. The molecule has 0 bridgehead atoms. The third-order valence-corrected chi connectivity index (χ3v) is 9.33. The molecule has 0 unspecified atom stereocenters. The largest absolute Gasteiger partial charge is 0.393 e. The third-order valence-electron chi connectivity index (χ3n) is 9.33. The van der Waals surface area contributed by atoms with Gasteiger partial charge in [-0.15, -0.1) is 0 Å². The SMILES string of the molecule is CCO[C@@H]1O[C@@H](CO)C=C[C@H]1[C@H](O)[C@@H]1O[C@H](COCc2ccccc2)[C@@H](OCc2ccccc2)[C@H](OCc2ccccc2)[C@H]1OCc1ccccc1. The van der Waals surface area contributed by atoms with Gasteiger partial charge in [0.2, 0.25) is 0 Å². The van der Waals surface area contributed by atoms with Crippen LogP contribution in [0.15, 0.2) is 133 Å². The highest BCUT2D eigenvalue weighted by molar-refractivity contribution is 5.17. The second-order valence-electron chi connectivity index (χ2n) is 13.1. The van der Waals surface area contributed by atoms with Gasteiger partial charge in [-0.2, -0.15) is 0 Å². The average molecular weight is 711 g/mol. The second-order valence-corrected chi connectivity index (χ2v) is 13.1. The molecule has 2 aliphatic heterocycles. The van der Waals surface area contributed by atoms with E-state index in [2.05, 4.69) is 0 Å². The molecule has 9 nitrogen and oxygen atoms in total. The molecule has 9 atom stereocenters. The summed E-state index contributed by atoms with van der Waals surface area (Å²) in [4.78, 5) is 0. The van der Waals surface area contributed by atoms with E-state index in [1.54, 1.807) is 6.08 Å². The Hall–Kier alpha value is -3.74. The molecule has 4 aromatic rings. The first-order chi connectivity index (χ1) is 25.6. The summed E-state index contributed by atoms with van der Waals surface area (Å²) in [5.74, 6) is -0.627. The van der Waals surface area contributed by atoms with Crippen LogP contribution < -0.4 is 0 Å². The van der Waals surface area contributed by atoms with Crippen molar-refractivity contribution in [1.29, 1.82) is 0 Å². The fraction of sp³-hybridized carbons (Fsp3) is 0.395. The molecule has 1 saturated heterocycles. The standard InChI is InChI=1S/C43H50O9/c1-2-47-43-36(24-23-35(25-44)51-43)38(45)40-42(50-29-34-21-13-6-14-22-34)41(49-28-33-19-11-5-12-20-33)39(48-27-32-17-9-4-10-18-32)37(52-40)30-46-26-31-15-7-3-8-16-31/h3-24,35-45H,2,25-30H2,1H3/t35-,36+,37-,38+,39-,40+,41+,42+,43-/m1/s1. The minimum atomic E-state index is -1.15. The molecule has 4 aromatic carbocycles. The zero-order chi connectivity index (χ0) is 36.0. The van der Waals surface area contributed by atoms with Crippen molar-refractivity contribution in [3.63, 3.8) is 0 Å². The molecule has 0 aliphatic carbocycles. The van der Waals surface area contributed by atoms with Gasteiger partial charge in [0.15, 0.2) is 6.29 Å². The minimum absolute atomic E-state index is 0.173. The van der Waals surface area contributed by atoms with Crippen LogP contribution in [0.1, 0.15) is 29.2 Å². The number of hydrogen-bond acceptors (Lipinski definition) is 9. The van der Waals surface area contributed by atoms with Crippen molar-refractivity contribution in [3.8, 4) is 0 Å². The number of ether oxygens (including phenoxy) is 7. The van der Waals surface area contributed by atoms with Crippen LogP contribution in [0, 0.1) is 5.92 Å². The quantitative estimate of drug-likeness (QED) is 0.120. The van der Waals surface area contributed by atoms with Crippen molar-refractivity contribution in [2.45, 2.75) is 82.4 Å². The molecular weight excluding hydrogens is 660 g/mol. The molecule has 276 valence electrons. The zero-order valence-corrected chi connectivity index (χ0v) is 29.6. The van der Waals surface area contributed by atoms with Crippen LogP contribution in [0.4, 0.5) is 0 Å². The van der Waals surface area contributed by atoms with E-state index in [4.69, 9.17) is 33.2 Å². The molecule has 6 rings (SSSR count). The van der Waals surface area contributed by atoms with E-state index in [1.807, 2.05) is 134 Å². The van der Waals surface area contributed by atoms with Crippen LogP contribution in [0.2, 0.25) is 0 Å². The molecule has 0 aromatic heterocycles. The highest BCUT2D eigenvalue weighted by Gasteiger charge is 2.53. The van der Waals surface area contributed by atoms with Crippen molar-refractivity contribution in [3.05, 3.63) is 156 Å². The van der Waals surface area contributed by atoms with Crippen LogP contribution in [0.5, 0.6) is 0 Å². The third kappa shape index (κ3) is 10.4.